The molecule has 0 spiro atoms. The van der Waals surface area contributed by atoms with E-state index in [1.807, 2.05) is 11.8 Å². The topological polar surface area (TPSA) is 137 Å². The lowest BCUT2D eigenvalue weighted by atomic mass is 9.77. The monoisotopic (exact) mass is 536 g/mol. The smallest absolute Gasteiger partial charge is 0.293 e. The molecule has 3 unspecified atom stereocenters. The van der Waals surface area contributed by atoms with E-state index in [0.717, 1.165) is 0 Å². The van der Waals surface area contributed by atoms with Crippen molar-refractivity contribution in [3.63, 3.8) is 0 Å². The molecule has 3 aromatic rings. The van der Waals surface area contributed by atoms with Crippen molar-refractivity contribution >= 4 is 34.3 Å². The number of ether oxygens (including phenoxy) is 1. The van der Waals surface area contributed by atoms with Crippen LogP contribution in [-0.2, 0) is 11.8 Å². The van der Waals surface area contributed by atoms with E-state index in [9.17, 15) is 14.9 Å². The van der Waals surface area contributed by atoms with E-state index in [-0.39, 0.29) is 41.2 Å². The van der Waals surface area contributed by atoms with Crippen molar-refractivity contribution in [3.05, 3.63) is 46.4 Å². The lowest BCUT2D eigenvalue weighted by molar-refractivity contribution is -0.122. The van der Waals surface area contributed by atoms with Crippen LogP contribution in [0.5, 0.6) is 5.75 Å². The number of aromatic nitrogens is 3. The molecule has 0 radical (unpaired) electrons. The number of aryl methyl sites for hydroxylation is 1. The number of carbonyl (C=O) groups excluding carboxylic acids is 1. The van der Waals surface area contributed by atoms with Crippen LogP contribution in [0.2, 0.25) is 0 Å². The molecule has 11 nitrogen and oxygen atoms in total. The summed E-state index contributed by atoms with van der Waals surface area (Å²) in [6, 6.07) is 9.03. The minimum atomic E-state index is -1.33. The minimum Gasteiger partial charge on any atom is -0.478 e. The van der Waals surface area contributed by atoms with Crippen LogP contribution in [0.1, 0.15) is 19.4 Å². The van der Waals surface area contributed by atoms with Crippen molar-refractivity contribution in [2.24, 2.45) is 18.9 Å². The van der Waals surface area contributed by atoms with Crippen LogP contribution in [0.15, 0.2) is 35.3 Å². The fraction of sp³-hybridized carbons (Fsp3) is 0.444. The molecule has 1 fully saturated rings. The summed E-state index contributed by atoms with van der Waals surface area (Å²) in [5, 5.41) is 19.1. The zero-order valence-corrected chi connectivity index (χ0v) is 22.7. The quantitative estimate of drug-likeness (QED) is 0.395. The Kier molecular flexibility index (Phi) is 8.01. The van der Waals surface area contributed by atoms with Gasteiger partial charge in [0.15, 0.2) is 18.2 Å². The number of fused-ring (bicyclic) bond motifs is 1. The van der Waals surface area contributed by atoms with Gasteiger partial charge in [-0.15, -0.1) is 0 Å². The van der Waals surface area contributed by atoms with Gasteiger partial charge in [0, 0.05) is 56.6 Å². The number of rotatable bonds is 8. The number of likely N-dealkylation sites (N-methyl/N-ethyl adjacent to an activating group) is 1. The molecule has 1 aliphatic heterocycles. The van der Waals surface area contributed by atoms with E-state index in [4.69, 9.17) is 4.74 Å². The Morgan fingerprint density at radius 1 is 1.31 bits per heavy atom. The molecule has 206 valence electrons. The molecular formula is C27H33FN8O3. The Morgan fingerprint density at radius 2 is 2.08 bits per heavy atom. The van der Waals surface area contributed by atoms with Gasteiger partial charge in [0.05, 0.1) is 11.7 Å². The first-order chi connectivity index (χ1) is 18.6. The Balaban J connectivity index is 1.65. The van der Waals surface area contributed by atoms with Gasteiger partial charge in [-0.2, -0.15) is 10.2 Å². The molecule has 3 atom stereocenters. The summed E-state index contributed by atoms with van der Waals surface area (Å²) in [5.41, 5.74) is -0.164. The number of nitrogens with one attached hydrogen (secondary N) is 3. The molecule has 39 heavy (non-hydrogen) atoms. The lowest BCUT2D eigenvalue weighted by Crippen LogP contribution is -2.56. The zero-order chi connectivity index (χ0) is 28.3. The molecule has 3 heterocycles. The summed E-state index contributed by atoms with van der Waals surface area (Å²) in [7, 11) is 4.91. The summed E-state index contributed by atoms with van der Waals surface area (Å²) in [4.78, 5) is 35.2. The number of nitriles is 1. The highest BCUT2D eigenvalue weighted by atomic mass is 19.1. The molecule has 1 aromatic carbocycles. The molecule has 0 bridgehead atoms. The summed E-state index contributed by atoms with van der Waals surface area (Å²) in [6.45, 7) is 4.65. The van der Waals surface area contributed by atoms with Gasteiger partial charge in [0.2, 0.25) is 5.95 Å². The minimum absolute atomic E-state index is 0.0444. The molecule has 0 aliphatic carbocycles. The van der Waals surface area contributed by atoms with Crippen molar-refractivity contribution in [2.45, 2.75) is 19.5 Å². The summed E-state index contributed by atoms with van der Waals surface area (Å²) in [6.07, 6.45) is 1.46. The number of amides is 1. The fourth-order valence-corrected chi connectivity index (χ4v) is 4.79. The second-order valence-corrected chi connectivity index (χ2v) is 9.99. The number of anilines is 3. The third-order valence-electron chi connectivity index (χ3n) is 7.42. The molecule has 12 heteroatoms. The van der Waals surface area contributed by atoms with Gasteiger partial charge >= 0.3 is 0 Å². The van der Waals surface area contributed by atoms with Crippen molar-refractivity contribution < 1.29 is 13.9 Å². The molecule has 4 rings (SSSR count). The highest BCUT2D eigenvalue weighted by Crippen LogP contribution is 2.37. The van der Waals surface area contributed by atoms with Crippen molar-refractivity contribution in [2.75, 3.05) is 50.6 Å². The van der Waals surface area contributed by atoms with Crippen LogP contribution in [0.25, 0.3) is 10.9 Å². The van der Waals surface area contributed by atoms with E-state index in [1.165, 1.54) is 17.8 Å². The second kappa shape index (κ2) is 11.2. The van der Waals surface area contributed by atoms with Gasteiger partial charge in [-0.05, 0) is 38.2 Å². The van der Waals surface area contributed by atoms with Crippen LogP contribution in [0, 0.1) is 23.2 Å². The largest absolute Gasteiger partial charge is 0.478 e. The highest BCUT2D eigenvalue weighted by Gasteiger charge is 2.45. The number of hydrogen-bond acceptors (Lipinski definition) is 9. The van der Waals surface area contributed by atoms with E-state index in [1.54, 1.807) is 45.3 Å². The maximum absolute atomic E-state index is 15.4. The van der Waals surface area contributed by atoms with Crippen LogP contribution >= 0.6 is 0 Å². The molecule has 0 saturated carbocycles. The second-order valence-electron chi connectivity index (χ2n) is 9.99. The average molecular weight is 537 g/mol. The van der Waals surface area contributed by atoms with Crippen LogP contribution < -0.4 is 31.1 Å². The van der Waals surface area contributed by atoms with Crippen molar-refractivity contribution in [1.82, 2.24) is 25.2 Å². The first-order valence-corrected chi connectivity index (χ1v) is 12.7. The van der Waals surface area contributed by atoms with E-state index >= 15 is 4.39 Å². The van der Waals surface area contributed by atoms with E-state index in [0.29, 0.717) is 48.0 Å². The molecule has 1 aliphatic rings. The zero-order valence-electron chi connectivity index (χ0n) is 22.7. The van der Waals surface area contributed by atoms with Gasteiger partial charge in [0.1, 0.15) is 17.3 Å². The Bertz CT molecular complexity index is 1480. The van der Waals surface area contributed by atoms with Gasteiger partial charge in [-0.3, -0.25) is 9.59 Å². The molecule has 3 N–H and O–H groups in total. The summed E-state index contributed by atoms with van der Waals surface area (Å²) in [5.74, 6) is -0.0843. The summed E-state index contributed by atoms with van der Waals surface area (Å²) < 4.78 is 22.3. The van der Waals surface area contributed by atoms with Crippen LogP contribution in [-0.4, -0.2) is 66.4 Å². The van der Waals surface area contributed by atoms with E-state index in [2.05, 4.69) is 32.0 Å². The standard InChI is InChI=1S/C27H33FN8O3/c1-16-13-36(14-19(12-30-3)27(16,2)28)26-32-11-18(10-29)24(34-26)33-20-6-7-21-17(8-20)9-22(25(38)35(21)5)39-15-23(37)31-4/h6-9,11,16,19,30H,12-15H2,1-5H3,(H,31,37)(H,32,33,34). The van der Waals surface area contributed by atoms with Crippen molar-refractivity contribution in [3.8, 4) is 11.8 Å². The maximum atomic E-state index is 15.4. The predicted molar refractivity (Wildman–Crippen MR) is 147 cm³/mol. The van der Waals surface area contributed by atoms with E-state index < -0.39 is 5.67 Å². The van der Waals surface area contributed by atoms with Gasteiger partial charge in [-0.1, -0.05) is 6.92 Å². The number of alkyl halides is 1. The SMILES string of the molecule is CNCC1CN(c2ncc(C#N)c(Nc3ccc4c(c3)cc(OCC(=O)NC)c(=O)n4C)n2)CC(C)C1(C)F. The normalized spacial score (nSPS) is 20.9. The Hall–Kier alpha value is -4.24. The third kappa shape index (κ3) is 5.63. The fourth-order valence-electron chi connectivity index (χ4n) is 4.79. The highest BCUT2D eigenvalue weighted by molar-refractivity contribution is 5.85. The molecule has 1 saturated heterocycles. The number of pyridine rings is 1. The Morgan fingerprint density at radius 3 is 2.77 bits per heavy atom. The molecule has 1 amide bonds. The number of piperidine rings is 1. The number of benzene rings is 1. The molecular weight excluding hydrogens is 503 g/mol. The average Bonchev–Trinajstić information content (AvgIpc) is 2.92. The Labute approximate surface area is 226 Å². The number of hydrogen-bond donors (Lipinski definition) is 3. The van der Waals surface area contributed by atoms with Crippen LogP contribution in [0.3, 0.4) is 0 Å². The number of carbonyl (C=O) groups is 1. The number of halogens is 1. The lowest BCUT2D eigenvalue weighted by Gasteiger charge is -2.45. The first-order valence-electron chi connectivity index (χ1n) is 12.7. The van der Waals surface area contributed by atoms with Gasteiger partial charge < -0.3 is 30.2 Å². The predicted octanol–water partition coefficient (Wildman–Crippen LogP) is 2.09. The van der Waals surface area contributed by atoms with Gasteiger partial charge in [-0.25, -0.2) is 9.37 Å². The first kappa shape index (κ1) is 27.8. The van der Waals surface area contributed by atoms with Gasteiger partial charge in [0.25, 0.3) is 11.5 Å². The van der Waals surface area contributed by atoms with Crippen molar-refractivity contribution in [1.29, 1.82) is 5.26 Å². The number of nitrogens with zero attached hydrogens (tertiary/aromatic N) is 5. The maximum Gasteiger partial charge on any atom is 0.293 e. The molecule has 2 aromatic heterocycles. The summed E-state index contributed by atoms with van der Waals surface area (Å²) >= 11 is 0. The third-order valence-corrected chi connectivity index (χ3v) is 7.42. The van der Waals surface area contributed by atoms with Crippen LogP contribution in [0.4, 0.5) is 21.8 Å².